The van der Waals surface area contributed by atoms with Gasteiger partial charge in [0, 0.05) is 43.4 Å². The molecule has 5 nitrogen and oxygen atoms in total. The van der Waals surface area contributed by atoms with Crippen molar-refractivity contribution in [2.45, 2.75) is 45.4 Å². The third-order valence-corrected chi connectivity index (χ3v) is 5.74. The van der Waals surface area contributed by atoms with Crippen LogP contribution in [0.4, 0.5) is 4.39 Å². The maximum atomic E-state index is 13.2. The molecule has 2 aliphatic heterocycles. The minimum Gasteiger partial charge on any atom is -0.357 e. The van der Waals surface area contributed by atoms with E-state index in [2.05, 4.69) is 36.3 Å². The minimum absolute atomic E-state index is 0.0397. The van der Waals surface area contributed by atoms with Crippen molar-refractivity contribution in [1.82, 2.24) is 15.5 Å². The number of nitrogens with zero attached hydrogens (tertiary/aromatic N) is 2. The molecule has 27 heavy (non-hydrogen) atoms. The predicted molar refractivity (Wildman–Crippen MR) is 106 cm³/mol. The summed E-state index contributed by atoms with van der Waals surface area (Å²) in [6.45, 7) is 10.3. The SMILES string of the molecule is CCNC(=NCC(C)(C)c1ccc(F)cc1)N1CCCC2(CNC(=O)C2)C1. The first-order valence-electron chi connectivity index (χ1n) is 9.90. The predicted octanol–water partition coefficient (Wildman–Crippen LogP) is 2.67. The fraction of sp³-hybridized carbons (Fsp3) is 0.619. The molecule has 1 atom stereocenters. The van der Waals surface area contributed by atoms with Crippen molar-refractivity contribution >= 4 is 11.9 Å². The van der Waals surface area contributed by atoms with Gasteiger partial charge >= 0.3 is 0 Å². The van der Waals surface area contributed by atoms with Crippen molar-refractivity contribution in [3.8, 4) is 0 Å². The quantitative estimate of drug-likeness (QED) is 0.629. The van der Waals surface area contributed by atoms with Crippen LogP contribution < -0.4 is 10.6 Å². The van der Waals surface area contributed by atoms with Crippen molar-refractivity contribution in [1.29, 1.82) is 0 Å². The van der Waals surface area contributed by atoms with E-state index in [4.69, 9.17) is 4.99 Å². The lowest BCUT2D eigenvalue weighted by Gasteiger charge is -2.41. The molecule has 2 heterocycles. The number of rotatable bonds is 4. The Bertz CT molecular complexity index is 701. The lowest BCUT2D eigenvalue weighted by molar-refractivity contribution is -0.119. The van der Waals surface area contributed by atoms with Gasteiger partial charge in [-0.25, -0.2) is 4.39 Å². The van der Waals surface area contributed by atoms with Crippen molar-refractivity contribution < 1.29 is 9.18 Å². The molecular formula is C21H31FN4O. The Kier molecular flexibility index (Phi) is 5.72. The van der Waals surface area contributed by atoms with E-state index in [9.17, 15) is 9.18 Å². The lowest BCUT2D eigenvalue weighted by atomic mass is 9.79. The van der Waals surface area contributed by atoms with E-state index in [1.54, 1.807) is 0 Å². The second kappa shape index (κ2) is 7.87. The second-order valence-corrected chi connectivity index (χ2v) is 8.54. The van der Waals surface area contributed by atoms with Gasteiger partial charge in [0.1, 0.15) is 5.82 Å². The highest BCUT2D eigenvalue weighted by Gasteiger charge is 2.42. The zero-order valence-electron chi connectivity index (χ0n) is 16.6. The van der Waals surface area contributed by atoms with Crippen molar-refractivity contribution in [2.24, 2.45) is 10.4 Å². The van der Waals surface area contributed by atoms with Gasteiger partial charge in [-0.2, -0.15) is 0 Å². The second-order valence-electron chi connectivity index (χ2n) is 8.54. The largest absolute Gasteiger partial charge is 0.357 e. The molecule has 0 aliphatic carbocycles. The Morgan fingerprint density at radius 3 is 2.74 bits per heavy atom. The number of halogens is 1. The number of benzene rings is 1. The lowest BCUT2D eigenvalue weighted by Crippen LogP contribution is -2.51. The molecule has 0 bridgehead atoms. The van der Waals surface area contributed by atoms with Gasteiger partial charge in [0.2, 0.25) is 5.91 Å². The third kappa shape index (κ3) is 4.60. The third-order valence-electron chi connectivity index (χ3n) is 5.74. The van der Waals surface area contributed by atoms with Crippen LogP contribution in [0.25, 0.3) is 0 Å². The van der Waals surface area contributed by atoms with Gasteiger partial charge in [-0.05, 0) is 37.5 Å². The monoisotopic (exact) mass is 374 g/mol. The van der Waals surface area contributed by atoms with Gasteiger partial charge in [0.15, 0.2) is 5.96 Å². The summed E-state index contributed by atoms with van der Waals surface area (Å²) in [6, 6.07) is 6.68. The molecule has 2 fully saturated rings. The average molecular weight is 375 g/mol. The summed E-state index contributed by atoms with van der Waals surface area (Å²) in [6.07, 6.45) is 2.77. The summed E-state index contributed by atoms with van der Waals surface area (Å²) in [5, 5.41) is 6.41. The number of guanidine groups is 1. The van der Waals surface area contributed by atoms with Gasteiger partial charge in [0.05, 0.1) is 6.54 Å². The van der Waals surface area contributed by atoms with Crippen LogP contribution in [0.15, 0.2) is 29.3 Å². The fourth-order valence-corrected chi connectivity index (χ4v) is 4.12. The zero-order valence-corrected chi connectivity index (χ0v) is 16.6. The van der Waals surface area contributed by atoms with Gasteiger partial charge in [-0.3, -0.25) is 9.79 Å². The number of nitrogens with one attached hydrogen (secondary N) is 2. The molecule has 0 aromatic heterocycles. The molecule has 6 heteroatoms. The summed E-state index contributed by atoms with van der Waals surface area (Å²) in [4.78, 5) is 19.0. The highest BCUT2D eigenvalue weighted by Crippen LogP contribution is 2.36. The Labute approximate surface area is 161 Å². The molecule has 3 rings (SSSR count). The number of piperidine rings is 1. The van der Waals surface area contributed by atoms with E-state index in [-0.39, 0.29) is 22.6 Å². The van der Waals surface area contributed by atoms with E-state index in [0.717, 1.165) is 50.5 Å². The number of carbonyl (C=O) groups is 1. The Hall–Kier alpha value is -2.11. The molecule has 1 aromatic rings. The first kappa shape index (κ1) is 19.6. The van der Waals surface area contributed by atoms with E-state index in [1.807, 2.05) is 12.1 Å². The molecule has 1 amide bonds. The van der Waals surface area contributed by atoms with Crippen molar-refractivity contribution in [2.75, 3.05) is 32.7 Å². The molecule has 148 valence electrons. The highest BCUT2D eigenvalue weighted by atomic mass is 19.1. The number of hydrogen-bond acceptors (Lipinski definition) is 2. The molecule has 2 saturated heterocycles. The van der Waals surface area contributed by atoms with Crippen LogP contribution in [0.5, 0.6) is 0 Å². The number of aliphatic imine (C=N–C) groups is 1. The van der Waals surface area contributed by atoms with Crippen molar-refractivity contribution in [3.63, 3.8) is 0 Å². The minimum atomic E-state index is -0.218. The Morgan fingerprint density at radius 1 is 1.37 bits per heavy atom. The Balaban J connectivity index is 1.74. The first-order chi connectivity index (χ1) is 12.8. The summed E-state index contributed by atoms with van der Waals surface area (Å²) in [5.41, 5.74) is 0.925. The van der Waals surface area contributed by atoms with Crippen LogP contribution in [0.2, 0.25) is 0 Å². The van der Waals surface area contributed by atoms with Crippen LogP contribution >= 0.6 is 0 Å². The van der Waals surface area contributed by atoms with Gasteiger partial charge in [0.25, 0.3) is 0 Å². The van der Waals surface area contributed by atoms with E-state index in [1.165, 1.54) is 12.1 Å². The maximum absolute atomic E-state index is 13.2. The molecule has 2 aliphatic rings. The number of amides is 1. The van der Waals surface area contributed by atoms with Gasteiger partial charge in [-0.1, -0.05) is 26.0 Å². The molecule has 1 aromatic carbocycles. The van der Waals surface area contributed by atoms with Crippen LogP contribution in [-0.2, 0) is 10.2 Å². The first-order valence-corrected chi connectivity index (χ1v) is 9.90. The summed E-state index contributed by atoms with van der Waals surface area (Å²) < 4.78 is 13.2. The Morgan fingerprint density at radius 2 is 2.11 bits per heavy atom. The van der Waals surface area contributed by atoms with Crippen LogP contribution in [0.1, 0.15) is 45.6 Å². The molecule has 0 saturated carbocycles. The van der Waals surface area contributed by atoms with Gasteiger partial charge < -0.3 is 15.5 Å². The standard InChI is InChI=1S/C21H31FN4O/c1-4-23-19(25-13-20(2,3)16-6-8-17(22)9-7-16)26-11-5-10-21(15-26)12-18(27)24-14-21/h6-9H,4-5,10-15H2,1-3H3,(H,23,25)(H,24,27). The van der Waals surface area contributed by atoms with E-state index < -0.39 is 0 Å². The molecular weight excluding hydrogens is 343 g/mol. The highest BCUT2D eigenvalue weighted by molar-refractivity contribution is 5.81. The average Bonchev–Trinajstić information content (AvgIpc) is 2.98. The number of likely N-dealkylation sites (tertiary alicyclic amines) is 1. The normalized spacial score (nSPS) is 23.6. The summed E-state index contributed by atoms with van der Waals surface area (Å²) >= 11 is 0. The molecule has 1 spiro atoms. The molecule has 0 radical (unpaired) electrons. The maximum Gasteiger partial charge on any atom is 0.220 e. The summed E-state index contributed by atoms with van der Waals surface area (Å²) in [5.74, 6) is 0.854. The fourth-order valence-electron chi connectivity index (χ4n) is 4.12. The van der Waals surface area contributed by atoms with Crippen LogP contribution in [0, 0.1) is 11.2 Å². The molecule has 1 unspecified atom stereocenters. The number of carbonyl (C=O) groups excluding carboxylic acids is 1. The van der Waals surface area contributed by atoms with Gasteiger partial charge in [-0.15, -0.1) is 0 Å². The molecule has 2 N–H and O–H groups in total. The van der Waals surface area contributed by atoms with E-state index in [0.29, 0.717) is 13.0 Å². The van der Waals surface area contributed by atoms with Crippen LogP contribution in [-0.4, -0.2) is 49.5 Å². The topological polar surface area (TPSA) is 56.7 Å². The summed E-state index contributed by atoms with van der Waals surface area (Å²) in [7, 11) is 0. The van der Waals surface area contributed by atoms with Crippen LogP contribution in [0.3, 0.4) is 0 Å². The number of hydrogen-bond donors (Lipinski definition) is 2. The van der Waals surface area contributed by atoms with Crippen molar-refractivity contribution in [3.05, 3.63) is 35.6 Å². The zero-order chi connectivity index (χ0) is 19.5. The van der Waals surface area contributed by atoms with E-state index >= 15 is 0 Å². The smallest absolute Gasteiger partial charge is 0.220 e.